The van der Waals surface area contributed by atoms with Crippen molar-refractivity contribution in [3.05, 3.63) is 0 Å². The normalized spacial score (nSPS) is 21.2. The number of nitrogens with zero attached hydrogens (tertiary/aromatic N) is 1. The third-order valence-electron chi connectivity index (χ3n) is 3.45. The molecule has 0 heterocycles. The van der Waals surface area contributed by atoms with Crippen molar-refractivity contribution in [3.63, 3.8) is 0 Å². The van der Waals surface area contributed by atoms with Crippen LogP contribution in [0.1, 0.15) is 39.5 Å². The Hall–Kier alpha value is -0.610. The number of hydrogen-bond acceptors (Lipinski definition) is 3. The van der Waals surface area contributed by atoms with E-state index in [1.807, 2.05) is 11.8 Å². The van der Waals surface area contributed by atoms with Gasteiger partial charge in [-0.15, -0.1) is 0 Å². The van der Waals surface area contributed by atoms with E-state index in [1.165, 1.54) is 0 Å². The topological polar surface area (TPSA) is 60.8 Å². The predicted molar refractivity (Wildman–Crippen MR) is 62.3 cm³/mol. The Kier molecular flexibility index (Phi) is 4.74. The minimum Gasteiger partial charge on any atom is -0.481 e. The van der Waals surface area contributed by atoms with Crippen molar-refractivity contribution in [2.75, 3.05) is 19.6 Å². The summed E-state index contributed by atoms with van der Waals surface area (Å²) in [6.07, 6.45) is 3.88. The lowest BCUT2D eigenvalue weighted by Gasteiger charge is -2.31. The molecule has 0 saturated heterocycles. The first-order chi connectivity index (χ1) is 7.47. The fourth-order valence-electron chi connectivity index (χ4n) is 2.38. The smallest absolute Gasteiger partial charge is 0.307 e. The highest BCUT2D eigenvalue weighted by Gasteiger charge is 2.33. The SMILES string of the molecule is CCN(CC(C)C(=O)O)CC1(O)CCCC1. The monoisotopic (exact) mass is 229 g/mol. The summed E-state index contributed by atoms with van der Waals surface area (Å²) in [4.78, 5) is 12.8. The summed E-state index contributed by atoms with van der Waals surface area (Å²) in [6.45, 7) is 5.64. The molecule has 0 bridgehead atoms. The Morgan fingerprint density at radius 2 is 2.00 bits per heavy atom. The van der Waals surface area contributed by atoms with Crippen molar-refractivity contribution in [3.8, 4) is 0 Å². The van der Waals surface area contributed by atoms with Crippen LogP contribution < -0.4 is 0 Å². The molecule has 1 atom stereocenters. The van der Waals surface area contributed by atoms with E-state index in [1.54, 1.807) is 6.92 Å². The lowest BCUT2D eigenvalue weighted by atomic mass is 10.0. The van der Waals surface area contributed by atoms with E-state index in [-0.39, 0.29) is 5.92 Å². The van der Waals surface area contributed by atoms with E-state index in [0.29, 0.717) is 13.1 Å². The van der Waals surface area contributed by atoms with Crippen LogP contribution in [-0.2, 0) is 4.79 Å². The molecule has 0 aromatic heterocycles. The predicted octanol–water partition coefficient (Wildman–Crippen LogP) is 1.33. The first-order valence-electron chi connectivity index (χ1n) is 6.14. The maximum Gasteiger partial charge on any atom is 0.307 e. The van der Waals surface area contributed by atoms with Crippen LogP contribution in [0.15, 0.2) is 0 Å². The molecule has 0 amide bonds. The van der Waals surface area contributed by atoms with E-state index in [4.69, 9.17) is 5.11 Å². The highest BCUT2D eigenvalue weighted by molar-refractivity contribution is 5.69. The number of carbonyl (C=O) groups is 1. The largest absolute Gasteiger partial charge is 0.481 e. The standard InChI is InChI=1S/C12H23NO3/c1-3-13(8-10(2)11(14)15)9-12(16)6-4-5-7-12/h10,16H,3-9H2,1-2H3,(H,14,15). The molecule has 1 saturated carbocycles. The van der Waals surface area contributed by atoms with Gasteiger partial charge >= 0.3 is 5.97 Å². The number of aliphatic carboxylic acids is 1. The van der Waals surface area contributed by atoms with E-state index >= 15 is 0 Å². The summed E-state index contributed by atoms with van der Waals surface area (Å²) in [5, 5.41) is 19.1. The number of likely N-dealkylation sites (N-methyl/N-ethyl adjacent to an activating group) is 1. The quantitative estimate of drug-likeness (QED) is 0.721. The second-order valence-electron chi connectivity index (χ2n) is 5.00. The van der Waals surface area contributed by atoms with E-state index in [9.17, 15) is 9.90 Å². The van der Waals surface area contributed by atoms with Gasteiger partial charge in [0.15, 0.2) is 0 Å². The van der Waals surface area contributed by atoms with Crippen molar-refractivity contribution in [1.82, 2.24) is 4.90 Å². The molecule has 0 aromatic carbocycles. The molecule has 4 heteroatoms. The molecule has 2 N–H and O–H groups in total. The zero-order chi connectivity index (χ0) is 12.2. The summed E-state index contributed by atoms with van der Waals surface area (Å²) < 4.78 is 0. The van der Waals surface area contributed by atoms with Gasteiger partial charge in [0.2, 0.25) is 0 Å². The number of rotatable bonds is 6. The molecule has 0 spiro atoms. The van der Waals surface area contributed by atoms with Crippen molar-refractivity contribution < 1.29 is 15.0 Å². The van der Waals surface area contributed by atoms with Crippen molar-refractivity contribution in [2.45, 2.75) is 45.1 Å². The minimum atomic E-state index is -0.767. The van der Waals surface area contributed by atoms with Crippen LogP contribution in [-0.4, -0.2) is 46.3 Å². The van der Waals surface area contributed by atoms with Gasteiger partial charge in [-0.3, -0.25) is 9.69 Å². The third kappa shape index (κ3) is 3.76. The van der Waals surface area contributed by atoms with Crippen LogP contribution in [0.5, 0.6) is 0 Å². The number of hydrogen-bond donors (Lipinski definition) is 2. The van der Waals surface area contributed by atoms with Gasteiger partial charge in [-0.25, -0.2) is 0 Å². The Bertz CT molecular complexity index is 236. The number of aliphatic hydroxyl groups is 1. The maximum atomic E-state index is 10.8. The average Bonchev–Trinajstić information content (AvgIpc) is 2.63. The van der Waals surface area contributed by atoms with E-state index in [2.05, 4.69) is 0 Å². The Balaban J connectivity index is 2.45. The molecule has 1 unspecified atom stereocenters. The second-order valence-corrected chi connectivity index (χ2v) is 5.00. The van der Waals surface area contributed by atoms with Gasteiger partial charge in [-0.1, -0.05) is 26.7 Å². The van der Waals surface area contributed by atoms with Crippen molar-refractivity contribution in [2.24, 2.45) is 5.92 Å². The molecule has 1 aliphatic rings. The van der Waals surface area contributed by atoms with Crippen molar-refractivity contribution in [1.29, 1.82) is 0 Å². The summed E-state index contributed by atoms with van der Waals surface area (Å²) in [6, 6.07) is 0. The molecule has 94 valence electrons. The van der Waals surface area contributed by atoms with Crippen LogP contribution in [0.25, 0.3) is 0 Å². The Labute approximate surface area is 97.3 Å². The average molecular weight is 229 g/mol. The van der Waals surface area contributed by atoms with Crippen LogP contribution in [0.3, 0.4) is 0 Å². The molecule has 0 aromatic rings. The molecule has 1 aliphatic carbocycles. The highest BCUT2D eigenvalue weighted by atomic mass is 16.4. The van der Waals surface area contributed by atoms with Crippen LogP contribution in [0, 0.1) is 5.92 Å². The second kappa shape index (κ2) is 5.64. The molecule has 16 heavy (non-hydrogen) atoms. The molecular formula is C12H23NO3. The zero-order valence-corrected chi connectivity index (χ0v) is 10.3. The van der Waals surface area contributed by atoms with Gasteiger partial charge in [0.25, 0.3) is 0 Å². The van der Waals surface area contributed by atoms with Gasteiger partial charge < -0.3 is 10.2 Å². The number of carboxylic acids is 1. The lowest BCUT2D eigenvalue weighted by Crippen LogP contribution is -2.43. The first-order valence-corrected chi connectivity index (χ1v) is 6.14. The fraction of sp³-hybridized carbons (Fsp3) is 0.917. The van der Waals surface area contributed by atoms with Crippen LogP contribution in [0.4, 0.5) is 0 Å². The van der Waals surface area contributed by atoms with Gasteiger partial charge in [0, 0.05) is 13.1 Å². The first kappa shape index (κ1) is 13.5. The van der Waals surface area contributed by atoms with E-state index in [0.717, 1.165) is 32.2 Å². The summed E-state index contributed by atoms with van der Waals surface area (Å²) in [7, 11) is 0. The van der Waals surface area contributed by atoms with Gasteiger partial charge in [-0.05, 0) is 19.4 Å². The molecular weight excluding hydrogens is 206 g/mol. The van der Waals surface area contributed by atoms with Gasteiger partial charge in [0.05, 0.1) is 11.5 Å². The fourth-order valence-corrected chi connectivity index (χ4v) is 2.38. The molecule has 4 nitrogen and oxygen atoms in total. The minimum absolute atomic E-state index is 0.370. The van der Waals surface area contributed by atoms with Crippen LogP contribution >= 0.6 is 0 Å². The lowest BCUT2D eigenvalue weighted by molar-refractivity contribution is -0.142. The third-order valence-corrected chi connectivity index (χ3v) is 3.45. The molecule has 0 aliphatic heterocycles. The molecule has 1 fully saturated rings. The maximum absolute atomic E-state index is 10.8. The summed E-state index contributed by atoms with van der Waals surface area (Å²) in [5.74, 6) is -1.14. The van der Waals surface area contributed by atoms with Gasteiger partial charge in [0.1, 0.15) is 0 Å². The highest BCUT2D eigenvalue weighted by Crippen LogP contribution is 2.30. The number of carboxylic acid groups (broad SMARTS) is 1. The van der Waals surface area contributed by atoms with Crippen LogP contribution in [0.2, 0.25) is 0 Å². The van der Waals surface area contributed by atoms with Crippen molar-refractivity contribution >= 4 is 5.97 Å². The Morgan fingerprint density at radius 3 is 2.44 bits per heavy atom. The summed E-state index contributed by atoms with van der Waals surface area (Å²) >= 11 is 0. The summed E-state index contributed by atoms with van der Waals surface area (Å²) in [5.41, 5.74) is -0.575. The Morgan fingerprint density at radius 1 is 1.44 bits per heavy atom. The zero-order valence-electron chi connectivity index (χ0n) is 10.3. The van der Waals surface area contributed by atoms with Gasteiger partial charge in [-0.2, -0.15) is 0 Å². The molecule has 1 rings (SSSR count). The molecule has 0 radical (unpaired) electrons. The van der Waals surface area contributed by atoms with E-state index < -0.39 is 11.6 Å².